The molecule has 1 fully saturated rings. The van der Waals surface area contributed by atoms with Crippen LogP contribution >= 0.6 is 0 Å². The molecule has 2 aromatic carbocycles. The van der Waals surface area contributed by atoms with Gasteiger partial charge in [-0.15, -0.1) is 0 Å². The fraction of sp³-hybridized carbons (Fsp3) is 0.458. The number of piperidine rings is 1. The molecular formula is C24H32N2OSi. The molecule has 2 aliphatic heterocycles. The van der Waals surface area contributed by atoms with Gasteiger partial charge < -0.3 is 9.80 Å². The Balaban J connectivity index is 1.28. The second-order valence-corrected chi connectivity index (χ2v) is 13.7. The van der Waals surface area contributed by atoms with E-state index in [1.54, 1.807) is 0 Å². The molecule has 2 aromatic rings. The van der Waals surface area contributed by atoms with Crippen LogP contribution in [0, 0.1) is 0 Å². The molecule has 148 valence electrons. The third-order valence-corrected chi connectivity index (χ3v) is 9.59. The van der Waals surface area contributed by atoms with E-state index in [0.717, 1.165) is 31.2 Å². The van der Waals surface area contributed by atoms with Crippen molar-refractivity contribution >= 4 is 19.2 Å². The molecule has 0 bridgehead atoms. The zero-order chi connectivity index (χ0) is 19.6. The van der Waals surface area contributed by atoms with Crippen LogP contribution in [0.2, 0.25) is 13.1 Å². The number of likely N-dealkylation sites (tertiary alicyclic amines) is 1. The highest BCUT2D eigenvalue weighted by Crippen LogP contribution is 2.27. The Bertz CT molecular complexity index is 812. The van der Waals surface area contributed by atoms with Crippen LogP contribution in [0.1, 0.15) is 41.1 Å². The maximum absolute atomic E-state index is 12.9. The van der Waals surface area contributed by atoms with Crippen molar-refractivity contribution in [2.45, 2.75) is 38.3 Å². The van der Waals surface area contributed by atoms with Crippen LogP contribution in [0.15, 0.2) is 54.6 Å². The Morgan fingerprint density at radius 2 is 1.61 bits per heavy atom. The molecule has 2 heterocycles. The fourth-order valence-corrected chi connectivity index (χ4v) is 7.84. The average molecular weight is 393 g/mol. The van der Waals surface area contributed by atoms with Crippen molar-refractivity contribution in [3.8, 4) is 0 Å². The van der Waals surface area contributed by atoms with Crippen molar-refractivity contribution < 1.29 is 4.79 Å². The smallest absolute Gasteiger partial charge is 0.253 e. The molecule has 1 saturated heterocycles. The molecular weight excluding hydrogens is 360 g/mol. The van der Waals surface area contributed by atoms with Gasteiger partial charge in [0, 0.05) is 18.3 Å². The van der Waals surface area contributed by atoms with Crippen LogP contribution in [0.3, 0.4) is 0 Å². The van der Waals surface area contributed by atoms with Crippen LogP contribution in [-0.2, 0) is 0 Å². The summed E-state index contributed by atoms with van der Waals surface area (Å²) in [4.78, 5) is 17.6. The van der Waals surface area contributed by atoms with Gasteiger partial charge in [0.2, 0.25) is 0 Å². The van der Waals surface area contributed by atoms with Gasteiger partial charge in [-0.2, -0.15) is 0 Å². The van der Waals surface area contributed by atoms with E-state index in [1.165, 1.54) is 36.7 Å². The molecule has 1 amide bonds. The Morgan fingerprint density at radius 1 is 0.929 bits per heavy atom. The summed E-state index contributed by atoms with van der Waals surface area (Å²) in [5.74, 6) is 0.953. The SMILES string of the molecule is C[Si]1(C)CN(CCCN2CCC(c3ccccc3)CC2)C(=O)c2ccccc21. The summed E-state index contributed by atoms with van der Waals surface area (Å²) in [6.07, 6.45) is 4.53. The lowest BCUT2D eigenvalue weighted by Gasteiger charge is -2.39. The lowest BCUT2D eigenvalue weighted by Crippen LogP contribution is -2.60. The van der Waals surface area contributed by atoms with Gasteiger partial charge in [-0.1, -0.05) is 61.6 Å². The van der Waals surface area contributed by atoms with Gasteiger partial charge in [0.25, 0.3) is 5.91 Å². The molecule has 0 atom stereocenters. The van der Waals surface area contributed by atoms with E-state index in [-0.39, 0.29) is 5.91 Å². The first kappa shape index (κ1) is 19.4. The Kier molecular flexibility index (Phi) is 5.69. The largest absolute Gasteiger partial charge is 0.341 e. The summed E-state index contributed by atoms with van der Waals surface area (Å²) in [7, 11) is -1.56. The summed E-state index contributed by atoms with van der Waals surface area (Å²) in [6, 6.07) is 19.2. The van der Waals surface area contributed by atoms with Crippen molar-refractivity contribution in [1.82, 2.24) is 9.80 Å². The summed E-state index contributed by atoms with van der Waals surface area (Å²) in [6.45, 7) is 9.13. The summed E-state index contributed by atoms with van der Waals surface area (Å²) in [5.41, 5.74) is 2.45. The Labute approximate surface area is 170 Å². The van der Waals surface area contributed by atoms with Crippen LogP contribution < -0.4 is 5.19 Å². The second kappa shape index (κ2) is 8.22. The predicted molar refractivity (Wildman–Crippen MR) is 119 cm³/mol. The van der Waals surface area contributed by atoms with Crippen molar-refractivity contribution in [3.05, 3.63) is 65.7 Å². The van der Waals surface area contributed by atoms with Gasteiger partial charge in [0.1, 0.15) is 8.07 Å². The highest BCUT2D eigenvalue weighted by atomic mass is 28.3. The number of hydrogen-bond donors (Lipinski definition) is 0. The number of amides is 1. The molecule has 0 saturated carbocycles. The molecule has 0 N–H and O–H groups in total. The van der Waals surface area contributed by atoms with Crippen molar-refractivity contribution in [3.63, 3.8) is 0 Å². The third kappa shape index (κ3) is 4.08. The van der Waals surface area contributed by atoms with Crippen LogP contribution in [-0.4, -0.2) is 56.1 Å². The van der Waals surface area contributed by atoms with Gasteiger partial charge in [0.05, 0.1) is 0 Å². The van der Waals surface area contributed by atoms with E-state index in [2.05, 4.69) is 65.4 Å². The maximum Gasteiger partial charge on any atom is 0.253 e. The van der Waals surface area contributed by atoms with Gasteiger partial charge >= 0.3 is 0 Å². The lowest BCUT2D eigenvalue weighted by molar-refractivity contribution is 0.0767. The number of benzene rings is 2. The number of carbonyl (C=O) groups is 1. The van der Waals surface area contributed by atoms with Crippen molar-refractivity contribution in [2.24, 2.45) is 0 Å². The summed E-state index contributed by atoms with van der Waals surface area (Å²) >= 11 is 0. The highest BCUT2D eigenvalue weighted by Gasteiger charge is 2.37. The van der Waals surface area contributed by atoms with E-state index in [4.69, 9.17) is 0 Å². The van der Waals surface area contributed by atoms with Gasteiger partial charge in [-0.25, -0.2) is 0 Å². The van der Waals surface area contributed by atoms with Gasteiger partial charge in [-0.3, -0.25) is 4.79 Å². The zero-order valence-corrected chi connectivity index (χ0v) is 18.2. The third-order valence-electron chi connectivity index (χ3n) is 6.52. The molecule has 4 rings (SSSR count). The first-order valence-corrected chi connectivity index (χ1v) is 13.9. The van der Waals surface area contributed by atoms with Crippen LogP contribution in [0.5, 0.6) is 0 Å². The van der Waals surface area contributed by atoms with E-state index in [9.17, 15) is 4.79 Å². The second-order valence-electron chi connectivity index (χ2n) is 9.04. The summed E-state index contributed by atoms with van der Waals surface area (Å²) < 4.78 is 0. The first-order chi connectivity index (χ1) is 13.5. The van der Waals surface area contributed by atoms with E-state index < -0.39 is 8.07 Å². The fourth-order valence-electron chi connectivity index (χ4n) is 4.95. The van der Waals surface area contributed by atoms with E-state index in [0.29, 0.717) is 5.92 Å². The minimum absolute atomic E-state index is 0.241. The summed E-state index contributed by atoms with van der Waals surface area (Å²) in [5, 5.41) is 1.33. The molecule has 0 radical (unpaired) electrons. The van der Waals surface area contributed by atoms with Crippen LogP contribution in [0.4, 0.5) is 0 Å². The Hall–Kier alpha value is -1.91. The van der Waals surface area contributed by atoms with Gasteiger partial charge in [0.15, 0.2) is 0 Å². The molecule has 3 nitrogen and oxygen atoms in total. The van der Waals surface area contributed by atoms with Crippen LogP contribution in [0.25, 0.3) is 0 Å². The Morgan fingerprint density at radius 3 is 2.36 bits per heavy atom. The van der Waals surface area contributed by atoms with E-state index in [1.807, 2.05) is 12.1 Å². The van der Waals surface area contributed by atoms with Gasteiger partial charge in [-0.05, 0) is 61.6 Å². The van der Waals surface area contributed by atoms with Crippen molar-refractivity contribution in [2.75, 3.05) is 32.3 Å². The molecule has 28 heavy (non-hydrogen) atoms. The number of hydrogen-bond acceptors (Lipinski definition) is 2. The average Bonchev–Trinajstić information content (AvgIpc) is 2.73. The normalized spacial score (nSPS) is 20.2. The number of fused-ring (bicyclic) bond motifs is 1. The topological polar surface area (TPSA) is 23.6 Å². The standard InChI is InChI=1S/C24H32N2OSi/c1-28(2)19-26(24(27)22-11-6-7-12-23(22)28)16-8-15-25-17-13-21(14-18-25)20-9-4-3-5-10-20/h3-7,9-12,21H,8,13-19H2,1-2H3. The molecule has 0 spiro atoms. The number of rotatable bonds is 5. The molecule has 4 heteroatoms. The monoisotopic (exact) mass is 392 g/mol. The molecule has 0 unspecified atom stereocenters. The molecule has 0 aliphatic carbocycles. The minimum atomic E-state index is -1.56. The highest BCUT2D eigenvalue weighted by molar-refractivity contribution is 6.91. The van der Waals surface area contributed by atoms with E-state index >= 15 is 0 Å². The maximum atomic E-state index is 12.9. The minimum Gasteiger partial charge on any atom is -0.341 e. The number of nitrogens with zero attached hydrogens (tertiary/aromatic N) is 2. The quantitative estimate of drug-likeness (QED) is 0.721. The molecule has 0 aromatic heterocycles. The van der Waals surface area contributed by atoms with Crippen molar-refractivity contribution in [1.29, 1.82) is 0 Å². The number of carbonyl (C=O) groups excluding carboxylic acids is 1. The lowest BCUT2D eigenvalue weighted by atomic mass is 9.89. The molecule has 2 aliphatic rings. The zero-order valence-electron chi connectivity index (χ0n) is 17.2. The predicted octanol–water partition coefficient (Wildman–Crippen LogP) is 3.87. The first-order valence-electron chi connectivity index (χ1n) is 10.7.